The lowest BCUT2D eigenvalue weighted by molar-refractivity contribution is -0.130. The molecule has 4 heterocycles. The van der Waals surface area contributed by atoms with Crippen molar-refractivity contribution in [3.8, 4) is 0 Å². The average molecular weight is 330 g/mol. The topological polar surface area (TPSA) is 59.1 Å². The van der Waals surface area contributed by atoms with Crippen molar-refractivity contribution >= 4 is 5.91 Å². The maximum absolute atomic E-state index is 12.5. The highest BCUT2D eigenvalue weighted by molar-refractivity contribution is 5.78. The van der Waals surface area contributed by atoms with Crippen LogP contribution in [0.5, 0.6) is 0 Å². The molecule has 0 aliphatic carbocycles. The molecule has 0 spiro atoms. The number of carbonyl (C=O) groups is 1. The van der Waals surface area contributed by atoms with E-state index in [0.29, 0.717) is 25.5 Å². The van der Waals surface area contributed by atoms with Gasteiger partial charge in [0.2, 0.25) is 5.91 Å². The fourth-order valence-corrected chi connectivity index (χ4v) is 3.62. The summed E-state index contributed by atoms with van der Waals surface area (Å²) >= 11 is 0. The van der Waals surface area contributed by atoms with Crippen LogP contribution in [0, 0.1) is 5.92 Å². The molecule has 2 fully saturated rings. The van der Waals surface area contributed by atoms with E-state index in [1.54, 1.807) is 18.8 Å². The first-order chi connectivity index (χ1) is 11.8. The number of likely N-dealkylation sites (tertiary alicyclic amines) is 1. The Hall–Kier alpha value is -2.05. The van der Waals surface area contributed by atoms with E-state index < -0.39 is 0 Å². The number of amides is 1. The second kappa shape index (κ2) is 6.83. The predicted molar refractivity (Wildman–Crippen MR) is 86.2 cm³/mol. The molecule has 0 aromatic carbocycles. The molecule has 2 aliphatic heterocycles. The normalized spacial score (nSPS) is 24.8. The summed E-state index contributed by atoms with van der Waals surface area (Å²) in [6.07, 6.45) is 5.56. The molecule has 2 aromatic heterocycles. The number of furan rings is 2. The second-order valence-corrected chi connectivity index (χ2v) is 6.59. The number of fused-ring (bicyclic) bond motifs is 1. The minimum Gasteiger partial charge on any atom is -0.472 e. The molecule has 2 atom stereocenters. The van der Waals surface area contributed by atoms with E-state index in [0.717, 1.165) is 31.9 Å². The fourth-order valence-electron chi connectivity index (χ4n) is 3.62. The maximum Gasteiger partial charge on any atom is 0.230 e. The van der Waals surface area contributed by atoms with Gasteiger partial charge in [-0.25, -0.2) is 0 Å². The highest BCUT2D eigenvalue weighted by Crippen LogP contribution is 2.25. The van der Waals surface area contributed by atoms with Crippen LogP contribution < -0.4 is 0 Å². The monoisotopic (exact) mass is 330 g/mol. The minimum atomic E-state index is 0.114. The number of carbonyl (C=O) groups excluding carboxylic acids is 1. The van der Waals surface area contributed by atoms with Gasteiger partial charge in [0.05, 0.1) is 37.9 Å². The summed E-state index contributed by atoms with van der Waals surface area (Å²) in [5.41, 5.74) is 1.18. The molecule has 0 N–H and O–H groups in total. The maximum atomic E-state index is 12.5. The van der Waals surface area contributed by atoms with Crippen LogP contribution in [-0.4, -0.2) is 54.6 Å². The molecule has 0 unspecified atom stereocenters. The second-order valence-electron chi connectivity index (χ2n) is 6.59. The summed E-state index contributed by atoms with van der Waals surface area (Å²) in [5.74, 6) is 1.19. The van der Waals surface area contributed by atoms with Crippen LogP contribution in [-0.2, 0) is 22.5 Å². The summed E-state index contributed by atoms with van der Waals surface area (Å²) in [6, 6.07) is 5.65. The van der Waals surface area contributed by atoms with Crippen molar-refractivity contribution in [1.82, 2.24) is 9.80 Å². The van der Waals surface area contributed by atoms with Gasteiger partial charge in [-0.3, -0.25) is 9.69 Å². The van der Waals surface area contributed by atoms with Crippen molar-refractivity contribution in [2.24, 2.45) is 5.92 Å². The quantitative estimate of drug-likeness (QED) is 0.855. The van der Waals surface area contributed by atoms with E-state index in [2.05, 4.69) is 4.90 Å². The standard InChI is InChI=1S/C18H22N2O4/c21-18(8-16-2-1-5-23-16)20-11-15-10-19(4-7-24-17(15)12-20)9-14-3-6-22-13-14/h1-3,5-6,13,15,17H,4,7-12H2/t15-,17+/m1/s1. The Balaban J connectivity index is 1.36. The van der Waals surface area contributed by atoms with E-state index in [4.69, 9.17) is 13.6 Å². The van der Waals surface area contributed by atoms with Crippen LogP contribution in [0.1, 0.15) is 11.3 Å². The zero-order chi connectivity index (χ0) is 16.4. The van der Waals surface area contributed by atoms with Crippen LogP contribution in [0.4, 0.5) is 0 Å². The average Bonchev–Trinajstić information content (AvgIpc) is 3.29. The molecule has 6 heteroatoms. The fraction of sp³-hybridized carbons (Fsp3) is 0.500. The number of hydrogen-bond donors (Lipinski definition) is 0. The molecule has 0 bridgehead atoms. The summed E-state index contributed by atoms with van der Waals surface area (Å²) in [7, 11) is 0. The van der Waals surface area contributed by atoms with Crippen molar-refractivity contribution in [2.75, 3.05) is 32.8 Å². The van der Waals surface area contributed by atoms with Crippen molar-refractivity contribution in [3.63, 3.8) is 0 Å². The zero-order valence-electron chi connectivity index (χ0n) is 13.6. The van der Waals surface area contributed by atoms with Crippen LogP contribution in [0.2, 0.25) is 0 Å². The molecule has 6 nitrogen and oxygen atoms in total. The number of rotatable bonds is 4. The van der Waals surface area contributed by atoms with Crippen LogP contribution in [0.3, 0.4) is 0 Å². The molecule has 24 heavy (non-hydrogen) atoms. The third-order valence-electron chi connectivity index (χ3n) is 4.86. The molecule has 128 valence electrons. The van der Waals surface area contributed by atoms with Crippen molar-refractivity contribution < 1.29 is 18.4 Å². The molecular weight excluding hydrogens is 308 g/mol. The first kappa shape index (κ1) is 15.5. The lowest BCUT2D eigenvalue weighted by Gasteiger charge is -2.22. The van der Waals surface area contributed by atoms with Gasteiger partial charge in [-0.15, -0.1) is 0 Å². The van der Waals surface area contributed by atoms with Gasteiger partial charge in [-0.1, -0.05) is 0 Å². The molecule has 4 rings (SSSR count). The highest BCUT2D eigenvalue weighted by Gasteiger charge is 2.38. The van der Waals surface area contributed by atoms with E-state index in [-0.39, 0.29) is 12.0 Å². The Morgan fingerprint density at radius 3 is 2.96 bits per heavy atom. The molecule has 0 radical (unpaired) electrons. The number of ether oxygens (including phenoxy) is 1. The third-order valence-corrected chi connectivity index (χ3v) is 4.86. The summed E-state index contributed by atoms with van der Waals surface area (Å²) in [6.45, 7) is 4.87. The van der Waals surface area contributed by atoms with E-state index in [9.17, 15) is 4.79 Å². The smallest absolute Gasteiger partial charge is 0.230 e. The van der Waals surface area contributed by atoms with E-state index in [1.807, 2.05) is 23.1 Å². The van der Waals surface area contributed by atoms with Gasteiger partial charge >= 0.3 is 0 Å². The Morgan fingerprint density at radius 1 is 1.21 bits per heavy atom. The largest absolute Gasteiger partial charge is 0.472 e. The lowest BCUT2D eigenvalue weighted by Crippen LogP contribution is -2.34. The zero-order valence-corrected chi connectivity index (χ0v) is 13.6. The van der Waals surface area contributed by atoms with Crippen LogP contribution >= 0.6 is 0 Å². The summed E-state index contributed by atoms with van der Waals surface area (Å²) in [5, 5.41) is 0. The van der Waals surface area contributed by atoms with Crippen molar-refractivity contribution in [3.05, 3.63) is 48.3 Å². The summed E-state index contributed by atoms with van der Waals surface area (Å²) < 4.78 is 16.4. The molecule has 1 amide bonds. The SMILES string of the molecule is O=C(Cc1ccco1)N1C[C@H]2CN(Cc3ccoc3)CCO[C@H]2C1. The lowest BCUT2D eigenvalue weighted by atomic mass is 10.1. The van der Waals surface area contributed by atoms with Gasteiger partial charge in [-0.2, -0.15) is 0 Å². The molecule has 2 saturated heterocycles. The number of nitrogens with zero attached hydrogens (tertiary/aromatic N) is 2. The van der Waals surface area contributed by atoms with Gasteiger partial charge in [0.1, 0.15) is 5.76 Å². The Labute approximate surface area is 141 Å². The first-order valence-electron chi connectivity index (χ1n) is 8.43. The van der Waals surface area contributed by atoms with Gasteiger partial charge in [0.25, 0.3) is 0 Å². The number of hydrogen-bond acceptors (Lipinski definition) is 5. The van der Waals surface area contributed by atoms with Crippen LogP contribution in [0.25, 0.3) is 0 Å². The van der Waals surface area contributed by atoms with E-state index >= 15 is 0 Å². The van der Waals surface area contributed by atoms with Crippen molar-refractivity contribution in [1.29, 1.82) is 0 Å². The minimum absolute atomic E-state index is 0.114. The van der Waals surface area contributed by atoms with Crippen molar-refractivity contribution in [2.45, 2.75) is 19.1 Å². The molecule has 0 saturated carbocycles. The third kappa shape index (κ3) is 3.39. The molecule has 2 aliphatic rings. The summed E-state index contributed by atoms with van der Waals surface area (Å²) in [4.78, 5) is 16.8. The van der Waals surface area contributed by atoms with E-state index in [1.165, 1.54) is 5.56 Å². The Morgan fingerprint density at radius 2 is 2.17 bits per heavy atom. The van der Waals surface area contributed by atoms with Gasteiger partial charge in [0.15, 0.2) is 0 Å². The van der Waals surface area contributed by atoms with Gasteiger partial charge in [0, 0.05) is 44.2 Å². The van der Waals surface area contributed by atoms with Crippen LogP contribution in [0.15, 0.2) is 45.8 Å². The molecular formula is C18H22N2O4. The Bertz CT molecular complexity index is 653. The Kier molecular flexibility index (Phi) is 4.40. The molecule has 2 aromatic rings. The first-order valence-corrected chi connectivity index (χ1v) is 8.43. The highest BCUT2D eigenvalue weighted by atomic mass is 16.5. The predicted octanol–water partition coefficient (Wildman–Crippen LogP) is 1.77. The van der Waals surface area contributed by atoms with Gasteiger partial charge in [-0.05, 0) is 18.2 Å². The van der Waals surface area contributed by atoms with Gasteiger partial charge < -0.3 is 18.5 Å².